The van der Waals surface area contributed by atoms with Crippen LogP contribution < -0.4 is 15.9 Å². The van der Waals surface area contributed by atoms with Crippen LogP contribution in [-0.2, 0) is 16.0 Å². The first-order valence-corrected chi connectivity index (χ1v) is 7.95. The number of carboxylic acid groups (broad SMARTS) is 2. The smallest absolute Gasteiger partial charge is 0.0643 e. The lowest BCUT2D eigenvalue weighted by Gasteiger charge is -2.07. The molecule has 6 heteroatoms. The molecule has 0 bridgehead atoms. The number of benzene rings is 2. The summed E-state index contributed by atoms with van der Waals surface area (Å²) in [5.74, 6) is -3.09. The van der Waals surface area contributed by atoms with Crippen molar-refractivity contribution in [1.82, 2.24) is 0 Å². The minimum atomic E-state index is -1.55. The number of carbonyl (C=O) groups excluding carboxylic acids is 2. The Labute approximate surface area is 144 Å². The van der Waals surface area contributed by atoms with Gasteiger partial charge >= 0.3 is 0 Å². The maximum atomic E-state index is 9.41. The molecule has 0 heterocycles. The van der Waals surface area contributed by atoms with Gasteiger partial charge in [0, 0.05) is 9.79 Å². The number of carbonyl (C=O) groups is 2. The first-order chi connectivity index (χ1) is 11.5. The van der Waals surface area contributed by atoms with Crippen LogP contribution in [0.25, 0.3) is 0 Å². The second-order valence-electron chi connectivity index (χ2n) is 4.53. The molecular formula is C18H17NO4S-2. The van der Waals surface area contributed by atoms with Crippen molar-refractivity contribution in [2.75, 3.05) is 6.54 Å². The zero-order valence-electron chi connectivity index (χ0n) is 12.9. The van der Waals surface area contributed by atoms with E-state index in [2.05, 4.69) is 48.5 Å². The molecule has 0 atom stereocenters. The van der Waals surface area contributed by atoms with Crippen molar-refractivity contribution in [3.05, 3.63) is 72.3 Å². The van der Waals surface area contributed by atoms with Crippen LogP contribution in [0.5, 0.6) is 0 Å². The van der Waals surface area contributed by atoms with Gasteiger partial charge in [0.2, 0.25) is 0 Å². The predicted octanol–water partition coefficient (Wildman–Crippen LogP) is 0.381. The van der Waals surface area contributed by atoms with Crippen LogP contribution in [0.4, 0.5) is 0 Å². The quantitative estimate of drug-likeness (QED) is 0.760. The third-order valence-electron chi connectivity index (χ3n) is 2.71. The van der Waals surface area contributed by atoms with Crippen molar-refractivity contribution in [2.24, 2.45) is 5.73 Å². The molecule has 5 nitrogen and oxygen atoms in total. The van der Waals surface area contributed by atoms with E-state index in [1.807, 2.05) is 6.07 Å². The number of nitrogens with two attached hydrogens (primary N) is 1. The number of hydrogen-bond donors (Lipinski definition) is 1. The average molecular weight is 343 g/mol. The van der Waals surface area contributed by atoms with Gasteiger partial charge < -0.3 is 25.5 Å². The Morgan fingerprint density at radius 1 is 0.917 bits per heavy atom. The van der Waals surface area contributed by atoms with Crippen molar-refractivity contribution < 1.29 is 19.8 Å². The van der Waals surface area contributed by atoms with Crippen molar-refractivity contribution in [3.8, 4) is 0 Å². The van der Waals surface area contributed by atoms with Crippen LogP contribution in [0, 0.1) is 0 Å². The predicted molar refractivity (Wildman–Crippen MR) is 88.9 cm³/mol. The molecule has 2 rings (SSSR count). The second kappa shape index (κ2) is 11.0. The summed E-state index contributed by atoms with van der Waals surface area (Å²) in [7, 11) is 0. The second-order valence-corrected chi connectivity index (χ2v) is 5.65. The van der Waals surface area contributed by atoms with E-state index in [1.165, 1.54) is 15.4 Å². The van der Waals surface area contributed by atoms with E-state index in [0.717, 1.165) is 6.42 Å². The normalized spacial score (nSPS) is 10.0. The van der Waals surface area contributed by atoms with Gasteiger partial charge in [0.25, 0.3) is 0 Å². The van der Waals surface area contributed by atoms with Crippen molar-refractivity contribution in [3.63, 3.8) is 0 Å². The van der Waals surface area contributed by atoms with Crippen molar-refractivity contribution >= 4 is 23.7 Å². The molecule has 0 saturated carbocycles. The fourth-order valence-corrected chi connectivity index (χ4v) is 2.71. The van der Waals surface area contributed by atoms with Crippen molar-refractivity contribution in [1.29, 1.82) is 0 Å². The SMILES string of the molecule is NCCc1ccccc1Sc1ccccc1.O=C([O-])/C=C\C(=O)[O-]. The Kier molecular flexibility index (Phi) is 8.96. The van der Waals surface area contributed by atoms with Gasteiger partial charge in [0.1, 0.15) is 0 Å². The van der Waals surface area contributed by atoms with E-state index in [0.29, 0.717) is 18.7 Å². The third-order valence-corrected chi connectivity index (χ3v) is 3.84. The van der Waals surface area contributed by atoms with Crippen molar-refractivity contribution in [2.45, 2.75) is 16.2 Å². The van der Waals surface area contributed by atoms with Crippen LogP contribution in [0.1, 0.15) is 5.56 Å². The first kappa shape index (κ1) is 19.5. The molecule has 0 unspecified atom stereocenters. The largest absolute Gasteiger partial charge is 0.545 e. The lowest BCUT2D eigenvalue weighted by atomic mass is 10.1. The van der Waals surface area contributed by atoms with E-state index >= 15 is 0 Å². The van der Waals surface area contributed by atoms with Gasteiger partial charge in [-0.3, -0.25) is 0 Å². The molecule has 2 aromatic carbocycles. The summed E-state index contributed by atoms with van der Waals surface area (Å²) in [4.78, 5) is 21.4. The Morgan fingerprint density at radius 3 is 2.00 bits per heavy atom. The number of aliphatic carboxylic acids is 2. The molecule has 0 aromatic heterocycles. The summed E-state index contributed by atoms with van der Waals surface area (Å²) in [6.07, 6.45) is 1.71. The monoisotopic (exact) mass is 343 g/mol. The van der Waals surface area contributed by atoms with Crippen LogP contribution in [-0.4, -0.2) is 18.5 Å². The van der Waals surface area contributed by atoms with E-state index in [1.54, 1.807) is 11.8 Å². The molecule has 0 fully saturated rings. The lowest BCUT2D eigenvalue weighted by molar-refractivity contribution is -0.301. The highest BCUT2D eigenvalue weighted by Gasteiger charge is 2.02. The Hall–Kier alpha value is -2.57. The Balaban J connectivity index is 0.000000307. The molecule has 0 aliphatic rings. The molecule has 126 valence electrons. The van der Waals surface area contributed by atoms with Gasteiger partial charge in [-0.15, -0.1) is 0 Å². The topological polar surface area (TPSA) is 106 Å². The van der Waals surface area contributed by atoms with Crippen LogP contribution >= 0.6 is 11.8 Å². The van der Waals surface area contributed by atoms with Crippen LogP contribution in [0.2, 0.25) is 0 Å². The highest BCUT2D eigenvalue weighted by molar-refractivity contribution is 7.99. The number of hydrogen-bond acceptors (Lipinski definition) is 6. The minimum absolute atomic E-state index is 0.384. The third kappa shape index (κ3) is 8.17. The minimum Gasteiger partial charge on any atom is -0.545 e. The standard InChI is InChI=1S/C14H15NS.C4H4O4/c15-11-10-12-6-4-5-9-14(12)16-13-7-2-1-3-8-13;5-3(6)1-2-4(7)8/h1-9H,10-11,15H2;1-2H,(H,5,6)(H,7,8)/p-2/b;2-1-. The molecule has 0 radical (unpaired) electrons. The highest BCUT2D eigenvalue weighted by Crippen LogP contribution is 2.30. The molecule has 0 saturated heterocycles. The average Bonchev–Trinajstić information content (AvgIpc) is 2.57. The summed E-state index contributed by atoms with van der Waals surface area (Å²) in [5, 5.41) is 18.8. The van der Waals surface area contributed by atoms with E-state index < -0.39 is 11.9 Å². The lowest BCUT2D eigenvalue weighted by Crippen LogP contribution is -2.23. The molecule has 2 N–H and O–H groups in total. The molecular weight excluding hydrogens is 326 g/mol. The molecule has 0 aliphatic heterocycles. The van der Waals surface area contributed by atoms with E-state index in [9.17, 15) is 19.8 Å². The number of carboxylic acids is 2. The first-order valence-electron chi connectivity index (χ1n) is 7.14. The summed E-state index contributed by atoms with van der Waals surface area (Å²) in [6, 6.07) is 18.9. The summed E-state index contributed by atoms with van der Waals surface area (Å²) >= 11 is 1.80. The highest BCUT2D eigenvalue weighted by atomic mass is 32.2. The summed E-state index contributed by atoms with van der Waals surface area (Å²) in [5.41, 5.74) is 6.95. The zero-order valence-corrected chi connectivity index (χ0v) is 13.7. The van der Waals surface area contributed by atoms with Gasteiger partial charge in [-0.05, 0) is 48.9 Å². The summed E-state index contributed by atoms with van der Waals surface area (Å²) < 4.78 is 0. The van der Waals surface area contributed by atoms with Crippen LogP contribution in [0.15, 0.2) is 76.5 Å². The fraction of sp³-hybridized carbons (Fsp3) is 0.111. The van der Waals surface area contributed by atoms with Crippen LogP contribution in [0.3, 0.4) is 0 Å². The van der Waals surface area contributed by atoms with Gasteiger partial charge in [-0.2, -0.15) is 0 Å². The fourth-order valence-electron chi connectivity index (χ4n) is 1.72. The number of rotatable bonds is 6. The van der Waals surface area contributed by atoms with Gasteiger partial charge in [0.05, 0.1) is 11.9 Å². The van der Waals surface area contributed by atoms with E-state index in [-0.39, 0.29) is 0 Å². The maximum absolute atomic E-state index is 9.41. The molecule has 2 aromatic rings. The van der Waals surface area contributed by atoms with Gasteiger partial charge in [-0.25, -0.2) is 0 Å². The maximum Gasteiger partial charge on any atom is 0.0643 e. The molecule has 0 spiro atoms. The Morgan fingerprint density at radius 2 is 1.46 bits per heavy atom. The van der Waals surface area contributed by atoms with Gasteiger partial charge in [0.15, 0.2) is 0 Å². The molecule has 0 amide bonds. The Bertz CT molecular complexity index is 670. The molecule has 0 aliphatic carbocycles. The van der Waals surface area contributed by atoms with Gasteiger partial charge in [-0.1, -0.05) is 48.2 Å². The van der Waals surface area contributed by atoms with E-state index in [4.69, 9.17) is 5.73 Å². The summed E-state index contributed by atoms with van der Waals surface area (Å²) in [6.45, 7) is 0.701. The molecule has 24 heavy (non-hydrogen) atoms. The zero-order chi connectivity index (χ0) is 17.8.